The first kappa shape index (κ1) is 16.2. The van der Waals surface area contributed by atoms with Crippen LogP contribution in [0.5, 0.6) is 0 Å². The van der Waals surface area contributed by atoms with Gasteiger partial charge in [0.15, 0.2) is 0 Å². The lowest BCUT2D eigenvalue weighted by Gasteiger charge is -2.14. The quantitative estimate of drug-likeness (QED) is 0.743. The van der Waals surface area contributed by atoms with E-state index in [2.05, 4.69) is 10.6 Å². The molecule has 0 aliphatic carbocycles. The van der Waals surface area contributed by atoms with Gasteiger partial charge in [-0.3, -0.25) is 4.79 Å². The minimum Gasteiger partial charge on any atom is -0.397 e. The molecule has 0 unspecified atom stereocenters. The van der Waals surface area contributed by atoms with Gasteiger partial charge in [0.25, 0.3) is 5.91 Å². The number of carbonyl (C=O) groups is 1. The van der Waals surface area contributed by atoms with E-state index in [0.717, 1.165) is 16.9 Å². The maximum Gasteiger partial charge on any atom is 0.251 e. The fourth-order valence-corrected chi connectivity index (χ4v) is 2.30. The summed E-state index contributed by atoms with van der Waals surface area (Å²) in [4.78, 5) is 12.0. The van der Waals surface area contributed by atoms with E-state index in [1.165, 1.54) is 0 Å². The highest BCUT2D eigenvalue weighted by Crippen LogP contribution is 2.27. The number of carbonyl (C=O) groups excluding carboxylic acids is 1. The van der Waals surface area contributed by atoms with Crippen LogP contribution in [0.1, 0.15) is 29.8 Å². The van der Waals surface area contributed by atoms with Crippen molar-refractivity contribution in [1.82, 2.24) is 5.32 Å². The molecule has 0 saturated carbocycles. The molecule has 0 radical (unpaired) electrons. The third-order valence-electron chi connectivity index (χ3n) is 3.19. The summed E-state index contributed by atoms with van der Waals surface area (Å²) in [6.07, 6.45) is 0. The van der Waals surface area contributed by atoms with Gasteiger partial charge in [-0.1, -0.05) is 11.6 Å². The molecule has 0 fully saturated rings. The van der Waals surface area contributed by atoms with Gasteiger partial charge in [0.1, 0.15) is 0 Å². The average Bonchev–Trinajstić information content (AvgIpc) is 2.42. The van der Waals surface area contributed by atoms with Crippen LogP contribution in [0.3, 0.4) is 0 Å². The third kappa shape index (κ3) is 3.92. The van der Waals surface area contributed by atoms with E-state index in [1.807, 2.05) is 39.0 Å². The standard InChI is InChI=1S/C17H20ClN3O/c1-10(2)20-17(22)12-4-6-16(14(19)9-12)21-15-7-5-13(18)8-11(15)3/h4-10,21H,19H2,1-3H3,(H,20,22). The van der Waals surface area contributed by atoms with Gasteiger partial charge in [-0.25, -0.2) is 0 Å². The number of aryl methyl sites for hydroxylation is 1. The summed E-state index contributed by atoms with van der Waals surface area (Å²) >= 11 is 5.95. The Morgan fingerprint density at radius 2 is 1.82 bits per heavy atom. The maximum absolute atomic E-state index is 12.0. The molecule has 4 N–H and O–H groups in total. The molecular formula is C17H20ClN3O. The van der Waals surface area contributed by atoms with Crippen molar-refractivity contribution in [3.8, 4) is 0 Å². The number of hydrogen-bond acceptors (Lipinski definition) is 3. The van der Waals surface area contributed by atoms with Crippen molar-refractivity contribution >= 4 is 34.6 Å². The Bertz CT molecular complexity index is 698. The Morgan fingerprint density at radius 3 is 2.41 bits per heavy atom. The number of nitrogen functional groups attached to an aromatic ring is 1. The molecule has 2 rings (SSSR count). The van der Waals surface area contributed by atoms with Crippen LogP contribution in [0.25, 0.3) is 0 Å². The topological polar surface area (TPSA) is 67.2 Å². The Hall–Kier alpha value is -2.20. The van der Waals surface area contributed by atoms with Crippen molar-refractivity contribution in [2.75, 3.05) is 11.1 Å². The molecule has 2 aromatic carbocycles. The van der Waals surface area contributed by atoms with Crippen LogP contribution in [-0.4, -0.2) is 11.9 Å². The molecular weight excluding hydrogens is 298 g/mol. The molecule has 5 heteroatoms. The van der Waals surface area contributed by atoms with Gasteiger partial charge in [-0.15, -0.1) is 0 Å². The predicted molar refractivity (Wildman–Crippen MR) is 92.9 cm³/mol. The van der Waals surface area contributed by atoms with Crippen LogP contribution in [-0.2, 0) is 0 Å². The normalized spacial score (nSPS) is 10.6. The Morgan fingerprint density at radius 1 is 1.14 bits per heavy atom. The van der Waals surface area contributed by atoms with E-state index in [0.29, 0.717) is 16.3 Å². The summed E-state index contributed by atoms with van der Waals surface area (Å²) < 4.78 is 0. The van der Waals surface area contributed by atoms with Crippen LogP contribution in [0.2, 0.25) is 5.02 Å². The summed E-state index contributed by atoms with van der Waals surface area (Å²) in [6, 6.07) is 10.9. The smallest absolute Gasteiger partial charge is 0.251 e. The fourth-order valence-electron chi connectivity index (χ4n) is 2.08. The van der Waals surface area contributed by atoms with Crippen molar-refractivity contribution in [3.05, 3.63) is 52.5 Å². The molecule has 0 bridgehead atoms. The van der Waals surface area contributed by atoms with Gasteiger partial charge < -0.3 is 16.4 Å². The molecule has 0 aromatic heterocycles. The van der Waals surface area contributed by atoms with E-state index < -0.39 is 0 Å². The third-order valence-corrected chi connectivity index (χ3v) is 3.43. The number of nitrogens with two attached hydrogens (primary N) is 1. The van der Waals surface area contributed by atoms with Crippen molar-refractivity contribution in [2.45, 2.75) is 26.8 Å². The second-order valence-corrected chi connectivity index (χ2v) is 5.95. The van der Waals surface area contributed by atoms with Crippen LogP contribution >= 0.6 is 11.6 Å². The number of rotatable bonds is 4. The van der Waals surface area contributed by atoms with Crippen LogP contribution in [0.4, 0.5) is 17.1 Å². The lowest BCUT2D eigenvalue weighted by atomic mass is 10.1. The molecule has 4 nitrogen and oxygen atoms in total. The number of benzene rings is 2. The molecule has 22 heavy (non-hydrogen) atoms. The van der Waals surface area contributed by atoms with Crippen molar-refractivity contribution in [2.24, 2.45) is 0 Å². The highest BCUT2D eigenvalue weighted by molar-refractivity contribution is 6.30. The van der Waals surface area contributed by atoms with E-state index in [9.17, 15) is 4.79 Å². The van der Waals surface area contributed by atoms with Crippen LogP contribution < -0.4 is 16.4 Å². The SMILES string of the molecule is Cc1cc(Cl)ccc1Nc1ccc(C(=O)NC(C)C)cc1N. The summed E-state index contributed by atoms with van der Waals surface area (Å²) in [5.41, 5.74) is 9.82. The Balaban J connectivity index is 2.21. The first-order valence-electron chi connectivity index (χ1n) is 7.10. The van der Waals surface area contributed by atoms with Gasteiger partial charge in [-0.2, -0.15) is 0 Å². The molecule has 1 amide bonds. The zero-order valence-electron chi connectivity index (χ0n) is 12.9. The number of hydrogen-bond donors (Lipinski definition) is 3. The predicted octanol–water partition coefficient (Wildman–Crippen LogP) is 4.11. The first-order valence-corrected chi connectivity index (χ1v) is 7.48. The van der Waals surface area contributed by atoms with E-state index in [-0.39, 0.29) is 11.9 Å². The number of halogens is 1. The van der Waals surface area contributed by atoms with Crippen molar-refractivity contribution < 1.29 is 4.79 Å². The minimum atomic E-state index is -0.129. The zero-order chi connectivity index (χ0) is 16.3. The number of amides is 1. The van der Waals surface area contributed by atoms with E-state index in [1.54, 1.807) is 18.2 Å². The molecule has 0 aliphatic rings. The molecule has 0 spiro atoms. The largest absolute Gasteiger partial charge is 0.397 e. The van der Waals surface area contributed by atoms with Crippen LogP contribution in [0.15, 0.2) is 36.4 Å². The second kappa shape index (κ2) is 6.71. The van der Waals surface area contributed by atoms with Gasteiger partial charge in [0.2, 0.25) is 0 Å². The summed E-state index contributed by atoms with van der Waals surface area (Å²) in [7, 11) is 0. The Labute approximate surface area is 135 Å². The van der Waals surface area contributed by atoms with E-state index >= 15 is 0 Å². The highest BCUT2D eigenvalue weighted by atomic mass is 35.5. The molecule has 0 aliphatic heterocycles. The van der Waals surface area contributed by atoms with Gasteiger partial charge in [-0.05, 0) is 62.7 Å². The van der Waals surface area contributed by atoms with Crippen LogP contribution in [0, 0.1) is 6.92 Å². The first-order chi connectivity index (χ1) is 10.4. The van der Waals surface area contributed by atoms with E-state index in [4.69, 9.17) is 17.3 Å². The fraction of sp³-hybridized carbons (Fsp3) is 0.235. The zero-order valence-corrected chi connectivity index (χ0v) is 13.7. The maximum atomic E-state index is 12.0. The number of anilines is 3. The van der Waals surface area contributed by atoms with Crippen molar-refractivity contribution in [1.29, 1.82) is 0 Å². The number of nitrogens with one attached hydrogen (secondary N) is 2. The minimum absolute atomic E-state index is 0.0863. The lowest BCUT2D eigenvalue weighted by molar-refractivity contribution is 0.0943. The highest BCUT2D eigenvalue weighted by Gasteiger charge is 2.10. The molecule has 0 atom stereocenters. The van der Waals surface area contributed by atoms with Crippen molar-refractivity contribution in [3.63, 3.8) is 0 Å². The molecule has 0 saturated heterocycles. The van der Waals surface area contributed by atoms with Gasteiger partial charge in [0.05, 0.1) is 11.4 Å². The summed E-state index contributed by atoms with van der Waals surface area (Å²) in [6.45, 7) is 5.80. The Kier molecular flexibility index (Phi) is 4.93. The molecule has 116 valence electrons. The lowest BCUT2D eigenvalue weighted by Crippen LogP contribution is -2.30. The summed E-state index contributed by atoms with van der Waals surface area (Å²) in [5, 5.41) is 6.79. The van der Waals surface area contributed by atoms with Gasteiger partial charge >= 0.3 is 0 Å². The summed E-state index contributed by atoms with van der Waals surface area (Å²) in [5.74, 6) is -0.129. The molecule has 2 aromatic rings. The average molecular weight is 318 g/mol. The monoisotopic (exact) mass is 317 g/mol. The molecule has 0 heterocycles. The second-order valence-electron chi connectivity index (χ2n) is 5.51. The van der Waals surface area contributed by atoms with Gasteiger partial charge in [0, 0.05) is 22.3 Å².